The lowest BCUT2D eigenvalue weighted by Gasteiger charge is -2.09. The highest BCUT2D eigenvalue weighted by atomic mass is 35.5. The fourth-order valence-corrected chi connectivity index (χ4v) is 2.52. The molecule has 0 aliphatic heterocycles. The zero-order valence-electron chi connectivity index (χ0n) is 14.9. The lowest BCUT2D eigenvalue weighted by atomic mass is 10.2. The van der Waals surface area contributed by atoms with Crippen molar-refractivity contribution in [1.29, 1.82) is 0 Å². The molecule has 0 aliphatic rings. The normalized spacial score (nSPS) is 10.4. The molecule has 1 N–H and O–H groups in total. The van der Waals surface area contributed by atoms with Crippen molar-refractivity contribution >= 4 is 29.2 Å². The minimum absolute atomic E-state index is 0.257. The lowest BCUT2D eigenvalue weighted by molar-refractivity contribution is 0.0526. The second-order valence-electron chi connectivity index (χ2n) is 5.70. The molecule has 1 amide bonds. The van der Waals surface area contributed by atoms with Crippen LogP contribution in [0.4, 0.5) is 5.69 Å². The second kappa shape index (κ2) is 8.49. The van der Waals surface area contributed by atoms with E-state index in [1.807, 2.05) is 0 Å². The highest BCUT2D eigenvalue weighted by Crippen LogP contribution is 2.13. The Morgan fingerprint density at radius 1 is 1.07 bits per heavy atom. The zero-order valence-corrected chi connectivity index (χ0v) is 15.6. The van der Waals surface area contributed by atoms with Crippen LogP contribution in [0.3, 0.4) is 0 Å². The van der Waals surface area contributed by atoms with Crippen LogP contribution >= 0.6 is 11.6 Å². The minimum Gasteiger partial charge on any atom is -0.462 e. The van der Waals surface area contributed by atoms with Crippen LogP contribution in [-0.2, 0) is 4.74 Å². The number of esters is 1. The third kappa shape index (κ3) is 4.44. The van der Waals surface area contributed by atoms with E-state index in [4.69, 9.17) is 16.3 Å². The van der Waals surface area contributed by atoms with E-state index >= 15 is 0 Å². The van der Waals surface area contributed by atoms with Gasteiger partial charge in [0.1, 0.15) is 0 Å². The Morgan fingerprint density at radius 3 is 2.39 bits per heavy atom. The first-order valence-electron chi connectivity index (χ1n) is 8.42. The molecule has 0 spiro atoms. The second-order valence-corrected chi connectivity index (χ2v) is 6.14. The third-order valence-corrected chi connectivity index (χ3v) is 4.02. The Morgan fingerprint density at radius 2 is 1.75 bits per heavy atom. The van der Waals surface area contributed by atoms with Gasteiger partial charge < -0.3 is 10.1 Å². The summed E-state index contributed by atoms with van der Waals surface area (Å²) < 4.78 is 6.32. The number of hydrogen-bond donors (Lipinski definition) is 1. The summed E-state index contributed by atoms with van der Waals surface area (Å²) >= 11 is 5.87. The van der Waals surface area contributed by atoms with Gasteiger partial charge in [0.15, 0.2) is 5.69 Å². The maximum Gasteiger partial charge on any atom is 0.338 e. The van der Waals surface area contributed by atoms with Crippen molar-refractivity contribution < 1.29 is 14.3 Å². The highest BCUT2D eigenvalue weighted by molar-refractivity contribution is 6.30. The molecule has 0 aliphatic carbocycles. The number of anilines is 1. The van der Waals surface area contributed by atoms with Crippen molar-refractivity contribution in [2.24, 2.45) is 0 Å². The minimum atomic E-state index is -0.655. The van der Waals surface area contributed by atoms with Gasteiger partial charge in [0, 0.05) is 23.0 Å². The van der Waals surface area contributed by atoms with Gasteiger partial charge >= 0.3 is 5.97 Å². The molecule has 1 aromatic heterocycles. The van der Waals surface area contributed by atoms with Crippen LogP contribution in [0.2, 0.25) is 5.02 Å². The first-order chi connectivity index (χ1) is 13.5. The summed E-state index contributed by atoms with van der Waals surface area (Å²) in [6, 6.07) is 14.2. The number of hydrogen-bond acceptors (Lipinski definition) is 5. The summed E-state index contributed by atoms with van der Waals surface area (Å²) in [6.45, 7) is 1.99. The Hall–Kier alpha value is -3.45. The molecule has 28 heavy (non-hydrogen) atoms. The molecule has 0 saturated heterocycles. The van der Waals surface area contributed by atoms with Crippen LogP contribution in [0.5, 0.6) is 0 Å². The van der Waals surface area contributed by atoms with E-state index in [1.54, 1.807) is 43.3 Å². The fraction of sp³-hybridized carbons (Fsp3) is 0.100. The van der Waals surface area contributed by atoms with E-state index < -0.39 is 17.3 Å². The first kappa shape index (κ1) is 19.3. The van der Waals surface area contributed by atoms with Crippen molar-refractivity contribution in [3.63, 3.8) is 0 Å². The number of ether oxygens (including phenoxy) is 1. The molecule has 142 valence electrons. The highest BCUT2D eigenvalue weighted by Gasteiger charge is 2.14. The molecule has 0 bridgehead atoms. The summed E-state index contributed by atoms with van der Waals surface area (Å²) in [5, 5.41) is 7.27. The quantitative estimate of drug-likeness (QED) is 0.667. The molecule has 1 heterocycles. The van der Waals surface area contributed by atoms with Crippen molar-refractivity contribution in [2.75, 3.05) is 11.9 Å². The van der Waals surface area contributed by atoms with Crippen LogP contribution in [0.25, 0.3) is 5.69 Å². The van der Waals surface area contributed by atoms with Crippen LogP contribution in [-0.4, -0.2) is 28.3 Å². The number of carbonyl (C=O) groups is 2. The van der Waals surface area contributed by atoms with Crippen molar-refractivity contribution in [1.82, 2.24) is 9.78 Å². The lowest BCUT2D eigenvalue weighted by Crippen LogP contribution is -2.25. The van der Waals surface area contributed by atoms with E-state index in [1.165, 1.54) is 29.1 Å². The van der Waals surface area contributed by atoms with Gasteiger partial charge in [0.2, 0.25) is 5.43 Å². The average molecular weight is 398 g/mol. The number of amides is 1. The summed E-state index contributed by atoms with van der Waals surface area (Å²) in [6.07, 6.45) is 1.47. The predicted molar refractivity (Wildman–Crippen MR) is 105 cm³/mol. The van der Waals surface area contributed by atoms with Gasteiger partial charge in [0.05, 0.1) is 17.9 Å². The molecule has 0 radical (unpaired) electrons. The van der Waals surface area contributed by atoms with Gasteiger partial charge in [-0.2, -0.15) is 5.10 Å². The Bertz CT molecular complexity index is 1060. The van der Waals surface area contributed by atoms with Crippen molar-refractivity contribution in [3.05, 3.63) is 87.3 Å². The fourth-order valence-electron chi connectivity index (χ4n) is 2.40. The van der Waals surface area contributed by atoms with Gasteiger partial charge in [0.25, 0.3) is 5.91 Å². The van der Waals surface area contributed by atoms with E-state index in [2.05, 4.69) is 10.4 Å². The first-order valence-corrected chi connectivity index (χ1v) is 8.80. The van der Waals surface area contributed by atoms with Crippen molar-refractivity contribution in [3.8, 4) is 5.69 Å². The third-order valence-electron chi connectivity index (χ3n) is 3.77. The molecule has 3 rings (SSSR count). The summed E-state index contributed by atoms with van der Waals surface area (Å²) in [4.78, 5) is 36.2. The number of halogens is 1. The summed E-state index contributed by atoms with van der Waals surface area (Å²) in [7, 11) is 0. The zero-order chi connectivity index (χ0) is 20.1. The number of rotatable bonds is 5. The standard InChI is InChI=1S/C20H16ClN3O4/c1-2-28-20(27)13-3-7-15(8-4-13)22-19(26)18-17(25)11-12-24(23-18)16-9-5-14(21)6-10-16/h3-12H,2H2,1H3,(H,22,26). The topological polar surface area (TPSA) is 90.3 Å². The van der Waals surface area contributed by atoms with Crippen LogP contribution in [0.15, 0.2) is 65.6 Å². The molecule has 3 aromatic rings. The Kier molecular flexibility index (Phi) is 5.86. The molecular formula is C20H16ClN3O4. The monoisotopic (exact) mass is 397 g/mol. The average Bonchev–Trinajstić information content (AvgIpc) is 2.69. The van der Waals surface area contributed by atoms with E-state index in [0.717, 1.165) is 0 Å². The predicted octanol–water partition coefficient (Wildman–Crippen LogP) is 3.31. The molecule has 0 atom stereocenters. The van der Waals surface area contributed by atoms with Gasteiger partial charge in [-0.3, -0.25) is 9.59 Å². The Labute approximate surface area is 165 Å². The summed E-state index contributed by atoms with van der Waals surface area (Å²) in [5.74, 6) is -1.10. The van der Waals surface area contributed by atoms with Crippen molar-refractivity contribution in [2.45, 2.75) is 6.92 Å². The van der Waals surface area contributed by atoms with Gasteiger partial charge in [-0.25, -0.2) is 9.48 Å². The number of benzene rings is 2. The number of aromatic nitrogens is 2. The maximum absolute atomic E-state index is 12.5. The molecule has 0 unspecified atom stereocenters. The maximum atomic E-state index is 12.5. The molecule has 7 nitrogen and oxygen atoms in total. The van der Waals surface area contributed by atoms with Crippen LogP contribution in [0, 0.1) is 0 Å². The summed E-state index contributed by atoms with van der Waals surface area (Å²) in [5.41, 5.74) is 0.666. The van der Waals surface area contributed by atoms with E-state index in [9.17, 15) is 14.4 Å². The SMILES string of the molecule is CCOC(=O)c1ccc(NC(=O)c2nn(-c3ccc(Cl)cc3)ccc2=O)cc1. The molecule has 0 fully saturated rings. The largest absolute Gasteiger partial charge is 0.462 e. The van der Waals surface area contributed by atoms with E-state index in [-0.39, 0.29) is 12.3 Å². The number of nitrogens with one attached hydrogen (secondary N) is 1. The Balaban J connectivity index is 1.80. The molecule has 8 heteroatoms. The smallest absolute Gasteiger partial charge is 0.338 e. The van der Waals surface area contributed by atoms with Gasteiger partial charge in [-0.15, -0.1) is 0 Å². The van der Waals surface area contributed by atoms with Gasteiger partial charge in [-0.1, -0.05) is 11.6 Å². The van der Waals surface area contributed by atoms with Crippen LogP contribution < -0.4 is 10.7 Å². The molecular weight excluding hydrogens is 382 g/mol. The molecule has 0 saturated carbocycles. The van der Waals surface area contributed by atoms with E-state index in [0.29, 0.717) is 22.0 Å². The number of nitrogens with zero attached hydrogens (tertiary/aromatic N) is 2. The van der Waals surface area contributed by atoms with Crippen LogP contribution in [0.1, 0.15) is 27.8 Å². The number of carbonyl (C=O) groups excluding carboxylic acids is 2. The molecule has 2 aromatic carbocycles. The van der Waals surface area contributed by atoms with Gasteiger partial charge in [-0.05, 0) is 55.5 Å².